The second-order valence-corrected chi connectivity index (χ2v) is 8.51. The van der Waals surface area contributed by atoms with Crippen molar-refractivity contribution in [2.24, 2.45) is 0 Å². The third kappa shape index (κ3) is 6.69. The molecule has 3 rings (SSSR count). The van der Waals surface area contributed by atoms with Crippen molar-refractivity contribution in [2.75, 3.05) is 19.7 Å². The third-order valence-electron chi connectivity index (χ3n) is 4.13. The number of nitrogens with one attached hydrogen (secondary N) is 2. The van der Waals surface area contributed by atoms with Crippen LogP contribution in [0.5, 0.6) is 0 Å². The van der Waals surface area contributed by atoms with Crippen molar-refractivity contribution < 1.29 is 14.3 Å². The van der Waals surface area contributed by atoms with Crippen LogP contribution < -0.4 is 10.9 Å². The number of nitrogens with zero attached hydrogens (tertiary/aromatic N) is 2. The summed E-state index contributed by atoms with van der Waals surface area (Å²) in [5.41, 5.74) is 5.87. The van der Waals surface area contributed by atoms with Gasteiger partial charge < -0.3 is 4.74 Å². The van der Waals surface area contributed by atoms with Crippen LogP contribution in [0.15, 0.2) is 22.9 Å². The predicted molar refractivity (Wildman–Crippen MR) is 105 cm³/mol. The summed E-state index contributed by atoms with van der Waals surface area (Å²) >= 11 is 3.10. The van der Waals surface area contributed by atoms with Gasteiger partial charge in [-0.05, 0) is 31.2 Å². The summed E-state index contributed by atoms with van der Waals surface area (Å²) in [7, 11) is 0. The number of aryl methyl sites for hydroxylation is 1. The lowest BCUT2D eigenvalue weighted by Crippen LogP contribution is -2.47. The van der Waals surface area contributed by atoms with Gasteiger partial charge in [0, 0.05) is 35.6 Å². The molecule has 0 saturated carbocycles. The average Bonchev–Trinajstić information content (AvgIpc) is 3.37. The van der Waals surface area contributed by atoms with Gasteiger partial charge in [-0.25, -0.2) is 4.98 Å². The molecule has 2 N–H and O–H groups in total. The third-order valence-corrected chi connectivity index (χ3v) is 5.96. The second-order valence-electron chi connectivity index (χ2n) is 6.54. The summed E-state index contributed by atoms with van der Waals surface area (Å²) in [6.07, 6.45) is 2.41. The first-order valence-corrected chi connectivity index (χ1v) is 10.7. The molecule has 1 aliphatic heterocycles. The molecule has 1 aliphatic rings. The number of carbonyl (C=O) groups is 2. The molecule has 2 amide bonds. The molecule has 2 aromatic heterocycles. The number of ether oxygens (including phenoxy) is 1. The first-order chi connectivity index (χ1) is 13.1. The van der Waals surface area contributed by atoms with E-state index in [4.69, 9.17) is 4.74 Å². The van der Waals surface area contributed by atoms with Crippen LogP contribution in [0.3, 0.4) is 0 Å². The van der Waals surface area contributed by atoms with Gasteiger partial charge in [-0.15, -0.1) is 22.7 Å². The molecule has 1 atom stereocenters. The van der Waals surface area contributed by atoms with Crippen molar-refractivity contribution in [3.8, 4) is 0 Å². The summed E-state index contributed by atoms with van der Waals surface area (Å²) in [5.74, 6) is -0.519. The molecule has 9 heteroatoms. The molecule has 7 nitrogen and oxygen atoms in total. The molecule has 3 heterocycles. The van der Waals surface area contributed by atoms with Crippen molar-refractivity contribution >= 4 is 34.5 Å². The number of amides is 2. The molecular formula is C18H24N4O3S2. The zero-order chi connectivity index (χ0) is 19.1. The summed E-state index contributed by atoms with van der Waals surface area (Å²) in [4.78, 5) is 31.8. The highest BCUT2D eigenvalue weighted by atomic mass is 32.1. The average molecular weight is 409 g/mol. The quantitative estimate of drug-likeness (QED) is 0.652. The molecule has 146 valence electrons. The number of rotatable bonds is 8. The SMILES string of the molecule is Cc1csc(CC(=O)NNC(=O)CN(Cc2cccs2)CC2CCCO2)n1. The van der Waals surface area contributed by atoms with Gasteiger partial charge in [0.15, 0.2) is 0 Å². The van der Waals surface area contributed by atoms with Crippen LogP contribution in [0.2, 0.25) is 0 Å². The number of carbonyl (C=O) groups excluding carboxylic acids is 2. The van der Waals surface area contributed by atoms with E-state index in [1.165, 1.54) is 16.2 Å². The number of thiazole rings is 1. The number of thiophene rings is 1. The lowest BCUT2D eigenvalue weighted by Gasteiger charge is -2.24. The van der Waals surface area contributed by atoms with Crippen LogP contribution >= 0.6 is 22.7 Å². The molecular weight excluding hydrogens is 384 g/mol. The van der Waals surface area contributed by atoms with E-state index in [-0.39, 0.29) is 30.9 Å². The van der Waals surface area contributed by atoms with E-state index in [1.54, 1.807) is 11.3 Å². The van der Waals surface area contributed by atoms with Crippen LogP contribution in [0.1, 0.15) is 28.4 Å². The zero-order valence-corrected chi connectivity index (χ0v) is 16.9. The molecule has 1 fully saturated rings. The largest absolute Gasteiger partial charge is 0.377 e. The fourth-order valence-corrected chi connectivity index (χ4v) is 4.45. The molecule has 27 heavy (non-hydrogen) atoms. The van der Waals surface area contributed by atoms with Crippen LogP contribution in [-0.4, -0.2) is 47.5 Å². The molecule has 0 aromatic carbocycles. The van der Waals surface area contributed by atoms with Crippen molar-refractivity contribution in [2.45, 2.75) is 38.8 Å². The Morgan fingerprint density at radius 1 is 1.33 bits per heavy atom. The van der Waals surface area contributed by atoms with E-state index < -0.39 is 0 Å². The Balaban J connectivity index is 1.46. The highest BCUT2D eigenvalue weighted by Crippen LogP contribution is 2.17. The first kappa shape index (κ1) is 19.9. The summed E-state index contributed by atoms with van der Waals surface area (Å²) in [5, 5.41) is 4.66. The van der Waals surface area contributed by atoms with Gasteiger partial charge in [-0.2, -0.15) is 0 Å². The van der Waals surface area contributed by atoms with Crippen LogP contribution in [0.25, 0.3) is 0 Å². The van der Waals surface area contributed by atoms with Crippen molar-refractivity contribution in [1.82, 2.24) is 20.7 Å². The van der Waals surface area contributed by atoms with E-state index in [0.29, 0.717) is 13.1 Å². The van der Waals surface area contributed by atoms with E-state index in [2.05, 4.69) is 26.8 Å². The maximum absolute atomic E-state index is 12.3. The maximum atomic E-state index is 12.3. The highest BCUT2D eigenvalue weighted by molar-refractivity contribution is 7.10. The molecule has 0 radical (unpaired) electrons. The molecule has 2 aromatic rings. The second kappa shape index (κ2) is 9.93. The lowest BCUT2D eigenvalue weighted by molar-refractivity contribution is -0.129. The van der Waals surface area contributed by atoms with Crippen molar-refractivity contribution in [1.29, 1.82) is 0 Å². The Hall–Kier alpha value is -1.81. The number of hydrogen-bond donors (Lipinski definition) is 2. The minimum absolute atomic E-state index is 0.160. The predicted octanol–water partition coefficient (Wildman–Crippen LogP) is 1.88. The Morgan fingerprint density at radius 3 is 2.85 bits per heavy atom. The van der Waals surface area contributed by atoms with Gasteiger partial charge in [-0.1, -0.05) is 6.07 Å². The monoisotopic (exact) mass is 408 g/mol. The van der Waals surface area contributed by atoms with Gasteiger partial charge in [0.1, 0.15) is 5.01 Å². The number of aromatic nitrogens is 1. The van der Waals surface area contributed by atoms with Crippen LogP contribution in [-0.2, 0) is 27.3 Å². The molecule has 0 bridgehead atoms. The van der Waals surface area contributed by atoms with Gasteiger partial charge in [-0.3, -0.25) is 25.3 Å². The van der Waals surface area contributed by atoms with Gasteiger partial charge >= 0.3 is 0 Å². The van der Waals surface area contributed by atoms with Crippen LogP contribution in [0, 0.1) is 6.92 Å². The van der Waals surface area contributed by atoms with Gasteiger partial charge in [0.2, 0.25) is 5.91 Å². The van der Waals surface area contributed by atoms with Gasteiger partial charge in [0.05, 0.1) is 19.1 Å². The highest BCUT2D eigenvalue weighted by Gasteiger charge is 2.21. The van der Waals surface area contributed by atoms with Gasteiger partial charge in [0.25, 0.3) is 5.91 Å². The van der Waals surface area contributed by atoms with E-state index in [0.717, 1.165) is 30.2 Å². The van der Waals surface area contributed by atoms with Crippen molar-refractivity contribution in [3.63, 3.8) is 0 Å². The standard InChI is InChI=1S/C18H24N4O3S2/c1-13-12-27-18(19-13)8-16(23)20-21-17(24)11-22(9-14-4-2-6-25-14)10-15-5-3-7-26-15/h3,5,7,12,14H,2,4,6,8-11H2,1H3,(H,20,23)(H,21,24). The molecule has 0 aliphatic carbocycles. The lowest BCUT2D eigenvalue weighted by atomic mass is 10.2. The minimum Gasteiger partial charge on any atom is -0.377 e. The summed E-state index contributed by atoms with van der Waals surface area (Å²) in [6, 6.07) is 4.06. The molecule has 1 unspecified atom stereocenters. The Kier molecular flexibility index (Phi) is 7.33. The van der Waals surface area contributed by atoms with E-state index in [9.17, 15) is 9.59 Å². The molecule has 1 saturated heterocycles. The number of hydrogen-bond acceptors (Lipinski definition) is 7. The fraction of sp³-hybridized carbons (Fsp3) is 0.500. The maximum Gasteiger partial charge on any atom is 0.252 e. The Morgan fingerprint density at radius 2 is 2.19 bits per heavy atom. The topological polar surface area (TPSA) is 83.6 Å². The number of hydrazine groups is 1. The summed E-state index contributed by atoms with van der Waals surface area (Å²) < 4.78 is 5.71. The fourth-order valence-electron chi connectivity index (χ4n) is 2.93. The first-order valence-electron chi connectivity index (χ1n) is 8.93. The smallest absolute Gasteiger partial charge is 0.252 e. The minimum atomic E-state index is -0.276. The van der Waals surface area contributed by atoms with E-state index >= 15 is 0 Å². The van der Waals surface area contributed by atoms with Crippen LogP contribution in [0.4, 0.5) is 0 Å². The van der Waals surface area contributed by atoms with Crippen molar-refractivity contribution in [3.05, 3.63) is 38.5 Å². The molecule has 0 spiro atoms. The Labute approximate surface area is 166 Å². The Bertz CT molecular complexity index is 742. The summed E-state index contributed by atoms with van der Waals surface area (Å²) in [6.45, 7) is 4.27. The normalized spacial score (nSPS) is 16.6. The zero-order valence-electron chi connectivity index (χ0n) is 15.3. The van der Waals surface area contributed by atoms with E-state index in [1.807, 2.05) is 23.8 Å².